The van der Waals surface area contributed by atoms with Crippen LogP contribution in [0.3, 0.4) is 0 Å². The molecule has 0 aliphatic carbocycles. The largest absolute Gasteiger partial charge is 0.463 e. The van der Waals surface area contributed by atoms with Crippen LogP contribution in [0.2, 0.25) is 0 Å². The molecule has 0 aliphatic heterocycles. The number of terminal acetylenes is 1. The van der Waals surface area contributed by atoms with Gasteiger partial charge in [0.1, 0.15) is 24.2 Å². The summed E-state index contributed by atoms with van der Waals surface area (Å²) in [4.78, 5) is 63.4. The van der Waals surface area contributed by atoms with Crippen molar-refractivity contribution in [3.8, 4) is 18.4 Å². The molecule has 2 amide bonds. The van der Waals surface area contributed by atoms with E-state index in [0.717, 1.165) is 22.0 Å². The smallest absolute Gasteiger partial charge is 0.338 e. The molecule has 0 aromatic carbocycles. The van der Waals surface area contributed by atoms with Crippen LogP contribution in [-0.2, 0) is 30.3 Å². The third-order valence-corrected chi connectivity index (χ3v) is 6.34. The van der Waals surface area contributed by atoms with Gasteiger partial charge in [-0.3, -0.25) is 19.0 Å². The maximum absolute atomic E-state index is 13.5. The third-order valence-electron chi connectivity index (χ3n) is 6.34. The maximum atomic E-state index is 13.5. The average molecular weight is 647 g/mol. The summed E-state index contributed by atoms with van der Waals surface area (Å²) in [5.74, 6) is -0.190. The van der Waals surface area contributed by atoms with Crippen LogP contribution >= 0.6 is 0 Å². The van der Waals surface area contributed by atoms with Crippen molar-refractivity contribution in [3.63, 3.8) is 0 Å². The van der Waals surface area contributed by atoms with Crippen molar-refractivity contribution >= 4 is 34.7 Å². The van der Waals surface area contributed by atoms with Crippen LogP contribution in [0.5, 0.6) is 6.01 Å². The molecule has 0 radical (unpaired) electrons. The van der Waals surface area contributed by atoms with E-state index < -0.39 is 35.5 Å². The second kappa shape index (κ2) is 19.6. The molecular weight excluding hydrogens is 604 g/mol. The van der Waals surface area contributed by atoms with Gasteiger partial charge in [0.2, 0.25) is 11.8 Å². The van der Waals surface area contributed by atoms with Crippen molar-refractivity contribution in [2.45, 2.75) is 59.2 Å². The van der Waals surface area contributed by atoms with E-state index in [2.05, 4.69) is 36.5 Å². The molecule has 18 heteroatoms. The van der Waals surface area contributed by atoms with Crippen LogP contribution in [0.15, 0.2) is 9.91 Å². The molecule has 2 aromatic rings. The number of hydrogen-bond donors (Lipinski definition) is 3. The Labute approximate surface area is 265 Å². The van der Waals surface area contributed by atoms with E-state index in [9.17, 15) is 19.2 Å². The van der Waals surface area contributed by atoms with Gasteiger partial charge in [0.15, 0.2) is 11.5 Å². The topological polar surface area (TPSA) is 240 Å². The third kappa shape index (κ3) is 11.0. The molecule has 0 unspecified atom stereocenters. The molecule has 18 nitrogen and oxygen atoms in total. The number of carbonyl (C=O) groups is 3. The number of aromatic nitrogens is 4. The number of ether oxygens (including phenoxy) is 4. The molecule has 0 saturated heterocycles. The lowest BCUT2D eigenvalue weighted by molar-refractivity contribution is -0.133. The van der Waals surface area contributed by atoms with Crippen molar-refractivity contribution in [2.24, 2.45) is 11.0 Å². The summed E-state index contributed by atoms with van der Waals surface area (Å²) in [6, 6.07) is -2.29. The van der Waals surface area contributed by atoms with Gasteiger partial charge in [-0.2, -0.15) is 9.97 Å². The molecule has 0 fully saturated rings. The number of nitrogens with zero attached hydrogens (tertiary/aromatic N) is 7. The zero-order chi connectivity index (χ0) is 34.1. The molecule has 46 heavy (non-hydrogen) atoms. The van der Waals surface area contributed by atoms with E-state index in [4.69, 9.17) is 36.6 Å². The van der Waals surface area contributed by atoms with Gasteiger partial charge in [-0.05, 0) is 24.8 Å². The van der Waals surface area contributed by atoms with Crippen LogP contribution in [0.1, 0.15) is 45.3 Å². The lowest BCUT2D eigenvalue weighted by atomic mass is 10.0. The summed E-state index contributed by atoms with van der Waals surface area (Å²) in [6.45, 7) is 8.08. The zero-order valence-electron chi connectivity index (χ0n) is 26.6. The summed E-state index contributed by atoms with van der Waals surface area (Å²) >= 11 is 0. The van der Waals surface area contributed by atoms with Crippen LogP contribution in [0.25, 0.3) is 21.6 Å². The van der Waals surface area contributed by atoms with Gasteiger partial charge in [-0.1, -0.05) is 38.2 Å². The van der Waals surface area contributed by atoms with Gasteiger partial charge in [-0.25, -0.2) is 9.36 Å². The molecule has 4 N–H and O–H groups in total. The first-order valence-corrected chi connectivity index (χ1v) is 14.8. The summed E-state index contributed by atoms with van der Waals surface area (Å²) in [5, 5.41) is 8.51. The molecule has 0 spiro atoms. The standard InChI is InChI=1S/C28H42N10O8/c1-6-8-11-46-27-34-23(29)22-24(35-27)37(10-7-2)28(42)38(22)26(41)19(5)32-25(40)21(18(3)4)33-20(39)17-45-16-15-44-14-13-43-12-9-31-36-30/h2,18-19,21H,6,8-17H2,1,3-5H3,(H,32,40)(H,33,39)(H2,29,34,35)/t19-,21-/m0/s1. The molecule has 2 heterocycles. The van der Waals surface area contributed by atoms with E-state index in [1.54, 1.807) is 13.8 Å². The summed E-state index contributed by atoms with van der Waals surface area (Å²) in [5.41, 5.74) is 13.5. The van der Waals surface area contributed by atoms with E-state index in [0.29, 0.717) is 19.8 Å². The molecule has 2 atom stereocenters. The predicted octanol–water partition coefficient (Wildman–Crippen LogP) is 0.633. The van der Waals surface area contributed by atoms with Gasteiger partial charge in [-0.15, -0.1) is 6.42 Å². The fraction of sp³-hybridized carbons (Fsp3) is 0.643. The first-order valence-electron chi connectivity index (χ1n) is 14.8. The van der Waals surface area contributed by atoms with Gasteiger partial charge in [0.25, 0.3) is 5.91 Å². The Bertz CT molecular complexity index is 1480. The van der Waals surface area contributed by atoms with Crippen molar-refractivity contribution in [1.82, 2.24) is 29.7 Å². The minimum absolute atomic E-state index is 0.0158. The number of rotatable bonds is 21. The number of hydrogen-bond acceptors (Lipinski definition) is 12. The molecule has 0 aliphatic rings. The highest BCUT2D eigenvalue weighted by Gasteiger charge is 2.30. The molecule has 0 saturated carbocycles. The zero-order valence-corrected chi connectivity index (χ0v) is 26.6. The number of imidazole rings is 1. The van der Waals surface area contributed by atoms with Crippen LogP contribution in [0.4, 0.5) is 5.82 Å². The monoisotopic (exact) mass is 646 g/mol. The number of anilines is 1. The molecular formula is C28H42N10O8. The molecule has 0 bridgehead atoms. The average Bonchev–Trinajstić information content (AvgIpc) is 3.29. The SMILES string of the molecule is C#CCn1c(=O)n(C(=O)[C@H](C)NC(=O)[C@@H](NC(=O)COCCOCCOCCN=[N+]=[N-])C(C)C)c2c(N)nc(OCCCC)nc21. The van der Waals surface area contributed by atoms with Crippen LogP contribution in [0, 0.1) is 18.3 Å². The second-order valence-corrected chi connectivity index (χ2v) is 10.3. The highest BCUT2D eigenvalue weighted by atomic mass is 16.5. The highest BCUT2D eigenvalue weighted by molar-refractivity contribution is 5.98. The molecule has 252 valence electrons. The van der Waals surface area contributed by atoms with Gasteiger partial charge < -0.3 is 35.3 Å². The summed E-state index contributed by atoms with van der Waals surface area (Å²) in [7, 11) is 0. The summed E-state index contributed by atoms with van der Waals surface area (Å²) in [6.07, 6.45) is 7.07. The highest BCUT2D eigenvalue weighted by Crippen LogP contribution is 2.21. The fourth-order valence-electron chi connectivity index (χ4n) is 4.02. The normalized spacial score (nSPS) is 12.3. The lowest BCUT2D eigenvalue weighted by Gasteiger charge is -2.23. The van der Waals surface area contributed by atoms with Gasteiger partial charge in [0, 0.05) is 11.5 Å². The Hall–Kier alpha value is -4.69. The van der Waals surface area contributed by atoms with E-state index in [1.165, 1.54) is 6.92 Å². The van der Waals surface area contributed by atoms with Crippen LogP contribution in [-0.4, -0.2) is 102 Å². The Morgan fingerprint density at radius 1 is 1.07 bits per heavy atom. The number of carbonyl (C=O) groups excluding carboxylic acids is 3. The molecule has 2 aromatic heterocycles. The molecule has 2 rings (SSSR count). The Kier molecular flexibility index (Phi) is 16.0. The number of nitrogen functional groups attached to an aromatic ring is 1. The number of amides is 2. The second-order valence-electron chi connectivity index (χ2n) is 10.3. The van der Waals surface area contributed by atoms with Crippen molar-refractivity contribution in [3.05, 3.63) is 20.9 Å². The van der Waals surface area contributed by atoms with Gasteiger partial charge in [0.05, 0.1) is 46.2 Å². The number of fused-ring (bicyclic) bond motifs is 1. The minimum atomic E-state index is -1.22. The fourth-order valence-corrected chi connectivity index (χ4v) is 4.02. The number of unbranched alkanes of at least 4 members (excludes halogenated alkanes) is 1. The number of nitrogens with one attached hydrogen (secondary N) is 2. The van der Waals surface area contributed by atoms with Gasteiger partial charge >= 0.3 is 11.7 Å². The van der Waals surface area contributed by atoms with E-state index in [1.807, 2.05) is 6.92 Å². The number of nitrogens with two attached hydrogens (primary N) is 1. The minimum Gasteiger partial charge on any atom is -0.463 e. The number of azide groups is 1. The first-order chi connectivity index (χ1) is 22.1. The Morgan fingerprint density at radius 2 is 1.74 bits per heavy atom. The Morgan fingerprint density at radius 3 is 2.37 bits per heavy atom. The predicted molar refractivity (Wildman–Crippen MR) is 167 cm³/mol. The van der Waals surface area contributed by atoms with Crippen LogP contribution < -0.4 is 26.8 Å². The summed E-state index contributed by atoms with van der Waals surface area (Å²) < 4.78 is 23.2. The Balaban J connectivity index is 2.01. The quantitative estimate of drug-likeness (QED) is 0.0559. The van der Waals surface area contributed by atoms with E-state index in [-0.39, 0.29) is 68.4 Å². The first kappa shape index (κ1) is 37.5. The van der Waals surface area contributed by atoms with Crippen molar-refractivity contribution in [1.29, 1.82) is 0 Å². The van der Waals surface area contributed by atoms with Crippen molar-refractivity contribution < 1.29 is 33.3 Å². The maximum Gasteiger partial charge on any atom is 0.338 e. The lowest BCUT2D eigenvalue weighted by Crippen LogP contribution is -2.54. The van der Waals surface area contributed by atoms with Crippen molar-refractivity contribution in [2.75, 3.05) is 58.5 Å². The van der Waals surface area contributed by atoms with E-state index >= 15 is 0 Å².